The number of aryl methyl sites for hydroxylation is 2. The molecule has 0 aliphatic rings. The smallest absolute Gasteiger partial charge is 0.0177 e. The summed E-state index contributed by atoms with van der Waals surface area (Å²) in [5.74, 6) is 0. The van der Waals surface area contributed by atoms with Crippen LogP contribution >= 0.6 is 0 Å². The second kappa shape index (κ2) is 5.44. The van der Waals surface area contributed by atoms with E-state index in [1.807, 2.05) is 0 Å². The van der Waals surface area contributed by atoms with E-state index >= 15 is 0 Å². The molecule has 2 aromatic rings. The molecule has 0 amide bonds. The van der Waals surface area contributed by atoms with Crippen LogP contribution in [0.1, 0.15) is 53.6 Å². The molecule has 0 saturated heterocycles. The van der Waals surface area contributed by atoms with Crippen molar-refractivity contribution in [3.05, 3.63) is 69.8 Å². The standard InChI is InChI=1S/C20H26/c1-7-20(6,18-12-8-10-14(2)16(18)4)19-13-9-11-15(3)17(19)5/h8-13H,7H2,1-6H3. The SMILES string of the molecule is CCC(C)(c1cccc(C)c1C)c1cccc(C)c1C. The minimum absolute atomic E-state index is 0.0895. The van der Waals surface area contributed by atoms with Crippen molar-refractivity contribution in [1.82, 2.24) is 0 Å². The fourth-order valence-electron chi connectivity index (χ4n) is 3.22. The van der Waals surface area contributed by atoms with Crippen LogP contribution in [0.5, 0.6) is 0 Å². The van der Waals surface area contributed by atoms with Gasteiger partial charge in [0.25, 0.3) is 0 Å². The molecule has 2 aromatic carbocycles. The van der Waals surface area contributed by atoms with Gasteiger partial charge in [-0.1, -0.05) is 50.2 Å². The van der Waals surface area contributed by atoms with Crippen molar-refractivity contribution in [3.8, 4) is 0 Å². The predicted octanol–water partition coefficient (Wildman–Crippen LogP) is 5.64. The Bertz CT molecular complexity index is 568. The van der Waals surface area contributed by atoms with Gasteiger partial charge in [-0.3, -0.25) is 0 Å². The van der Waals surface area contributed by atoms with Crippen LogP contribution in [0.25, 0.3) is 0 Å². The molecule has 0 fully saturated rings. The van der Waals surface area contributed by atoms with Crippen LogP contribution in [0.15, 0.2) is 36.4 Å². The Morgan fingerprint density at radius 1 is 0.750 bits per heavy atom. The molecule has 0 saturated carbocycles. The van der Waals surface area contributed by atoms with Crippen LogP contribution in [0, 0.1) is 27.7 Å². The molecular weight excluding hydrogens is 240 g/mol. The maximum atomic E-state index is 2.39. The molecule has 20 heavy (non-hydrogen) atoms. The van der Waals surface area contributed by atoms with E-state index in [1.54, 1.807) is 0 Å². The molecule has 0 heteroatoms. The lowest BCUT2D eigenvalue weighted by atomic mass is 9.70. The van der Waals surface area contributed by atoms with Gasteiger partial charge in [-0.2, -0.15) is 0 Å². The van der Waals surface area contributed by atoms with E-state index in [9.17, 15) is 0 Å². The molecule has 0 aromatic heterocycles. The number of hydrogen-bond acceptors (Lipinski definition) is 0. The van der Waals surface area contributed by atoms with Crippen LogP contribution in [0.3, 0.4) is 0 Å². The van der Waals surface area contributed by atoms with Crippen molar-refractivity contribution in [3.63, 3.8) is 0 Å². The lowest BCUT2D eigenvalue weighted by Crippen LogP contribution is -2.25. The van der Waals surface area contributed by atoms with Crippen LogP contribution in [-0.2, 0) is 5.41 Å². The summed E-state index contributed by atoms with van der Waals surface area (Å²) in [5.41, 5.74) is 8.64. The molecule has 0 nitrogen and oxygen atoms in total. The largest absolute Gasteiger partial charge is 0.0642 e. The molecule has 106 valence electrons. The first-order valence-corrected chi connectivity index (χ1v) is 7.55. The van der Waals surface area contributed by atoms with E-state index in [2.05, 4.69) is 77.9 Å². The zero-order valence-electron chi connectivity index (χ0n) is 13.7. The zero-order chi connectivity index (χ0) is 14.9. The molecule has 0 atom stereocenters. The molecule has 0 aliphatic carbocycles. The monoisotopic (exact) mass is 266 g/mol. The fraction of sp³-hybridized carbons (Fsp3) is 0.400. The highest BCUT2D eigenvalue weighted by Gasteiger charge is 2.30. The Kier molecular flexibility index (Phi) is 4.04. The maximum absolute atomic E-state index is 2.39. The van der Waals surface area contributed by atoms with Crippen molar-refractivity contribution in [2.24, 2.45) is 0 Å². The Balaban J connectivity index is 2.71. The van der Waals surface area contributed by atoms with Gasteiger partial charge >= 0.3 is 0 Å². The van der Waals surface area contributed by atoms with Crippen molar-refractivity contribution < 1.29 is 0 Å². The lowest BCUT2D eigenvalue weighted by molar-refractivity contribution is 0.542. The van der Waals surface area contributed by atoms with Crippen LogP contribution in [0.2, 0.25) is 0 Å². The summed E-state index contributed by atoms with van der Waals surface area (Å²) >= 11 is 0. The molecule has 0 aliphatic heterocycles. The zero-order valence-corrected chi connectivity index (χ0v) is 13.7. The van der Waals surface area contributed by atoms with Crippen molar-refractivity contribution in [1.29, 1.82) is 0 Å². The molecule has 0 bridgehead atoms. The predicted molar refractivity (Wildman–Crippen MR) is 88.6 cm³/mol. The van der Waals surface area contributed by atoms with Crippen LogP contribution < -0.4 is 0 Å². The maximum Gasteiger partial charge on any atom is 0.0177 e. The van der Waals surface area contributed by atoms with Crippen molar-refractivity contribution in [2.75, 3.05) is 0 Å². The number of benzene rings is 2. The molecule has 0 N–H and O–H groups in total. The lowest BCUT2D eigenvalue weighted by Gasteiger charge is -2.33. The van der Waals surface area contributed by atoms with Gasteiger partial charge in [-0.15, -0.1) is 0 Å². The molecule has 0 heterocycles. The van der Waals surface area contributed by atoms with E-state index in [4.69, 9.17) is 0 Å². The summed E-state index contributed by atoms with van der Waals surface area (Å²) in [6.07, 6.45) is 1.11. The van der Waals surface area contributed by atoms with Crippen LogP contribution in [0.4, 0.5) is 0 Å². The first-order chi connectivity index (χ1) is 9.41. The van der Waals surface area contributed by atoms with Gasteiger partial charge in [0, 0.05) is 5.41 Å². The van der Waals surface area contributed by atoms with Gasteiger partial charge in [0.15, 0.2) is 0 Å². The van der Waals surface area contributed by atoms with Gasteiger partial charge in [0.05, 0.1) is 0 Å². The Morgan fingerprint density at radius 3 is 1.50 bits per heavy atom. The van der Waals surface area contributed by atoms with Crippen molar-refractivity contribution in [2.45, 2.75) is 53.4 Å². The van der Waals surface area contributed by atoms with Gasteiger partial charge in [0.1, 0.15) is 0 Å². The normalized spacial score (nSPS) is 11.7. The summed E-state index contributed by atoms with van der Waals surface area (Å²) in [5, 5.41) is 0. The summed E-state index contributed by atoms with van der Waals surface area (Å²) in [6, 6.07) is 13.4. The first kappa shape index (κ1) is 14.8. The third kappa shape index (κ3) is 2.28. The quantitative estimate of drug-likeness (QED) is 0.674. The average Bonchev–Trinajstić information content (AvgIpc) is 2.44. The second-order valence-corrected chi connectivity index (χ2v) is 6.18. The first-order valence-electron chi connectivity index (χ1n) is 7.55. The topological polar surface area (TPSA) is 0 Å². The van der Waals surface area contributed by atoms with E-state index in [0.29, 0.717) is 0 Å². The number of rotatable bonds is 3. The minimum Gasteiger partial charge on any atom is -0.0642 e. The minimum atomic E-state index is 0.0895. The third-order valence-corrected chi connectivity index (χ3v) is 5.11. The van der Waals surface area contributed by atoms with Gasteiger partial charge in [-0.05, 0) is 67.5 Å². The van der Waals surface area contributed by atoms with E-state index < -0.39 is 0 Å². The highest BCUT2D eigenvalue weighted by Crippen LogP contribution is 2.39. The molecule has 0 radical (unpaired) electrons. The summed E-state index contributed by atoms with van der Waals surface area (Å²) < 4.78 is 0. The van der Waals surface area contributed by atoms with E-state index in [-0.39, 0.29) is 5.41 Å². The Hall–Kier alpha value is -1.56. The summed E-state index contributed by atoms with van der Waals surface area (Å²) in [6.45, 7) is 13.6. The van der Waals surface area contributed by atoms with Gasteiger partial charge < -0.3 is 0 Å². The summed E-state index contributed by atoms with van der Waals surface area (Å²) in [7, 11) is 0. The highest BCUT2D eigenvalue weighted by atomic mass is 14.3. The Labute approximate surface area is 123 Å². The van der Waals surface area contributed by atoms with Gasteiger partial charge in [-0.25, -0.2) is 0 Å². The average molecular weight is 266 g/mol. The van der Waals surface area contributed by atoms with E-state index in [0.717, 1.165) is 6.42 Å². The van der Waals surface area contributed by atoms with E-state index in [1.165, 1.54) is 33.4 Å². The number of hydrogen-bond donors (Lipinski definition) is 0. The Morgan fingerprint density at radius 2 is 1.15 bits per heavy atom. The highest BCUT2D eigenvalue weighted by molar-refractivity contribution is 5.49. The molecular formula is C20H26. The molecule has 0 spiro atoms. The second-order valence-electron chi connectivity index (χ2n) is 6.18. The summed E-state index contributed by atoms with van der Waals surface area (Å²) in [4.78, 5) is 0. The molecule has 2 rings (SSSR count). The van der Waals surface area contributed by atoms with Crippen molar-refractivity contribution >= 4 is 0 Å². The molecule has 0 unspecified atom stereocenters. The fourth-order valence-corrected chi connectivity index (χ4v) is 3.22. The van der Waals surface area contributed by atoms with Gasteiger partial charge in [0.2, 0.25) is 0 Å². The third-order valence-electron chi connectivity index (χ3n) is 5.11. The van der Waals surface area contributed by atoms with Crippen LogP contribution in [-0.4, -0.2) is 0 Å².